The first-order chi connectivity index (χ1) is 7.67. The van der Waals surface area contributed by atoms with Crippen LogP contribution in [0.4, 0.5) is 0 Å². The van der Waals surface area contributed by atoms with Crippen LogP contribution < -0.4 is 15.2 Å². The fourth-order valence-electron chi connectivity index (χ4n) is 1.89. The number of ether oxygens (including phenoxy) is 2. The maximum Gasteiger partial charge on any atom is 0.126 e. The van der Waals surface area contributed by atoms with Gasteiger partial charge in [-0.05, 0) is 36.1 Å². The molecule has 0 fully saturated rings. The van der Waals surface area contributed by atoms with Crippen molar-refractivity contribution in [2.24, 2.45) is 5.73 Å². The summed E-state index contributed by atoms with van der Waals surface area (Å²) in [4.78, 5) is 0. The van der Waals surface area contributed by atoms with Crippen molar-refractivity contribution in [2.75, 3.05) is 20.8 Å². The van der Waals surface area contributed by atoms with Crippen LogP contribution in [0.1, 0.15) is 30.9 Å². The molecule has 0 heterocycles. The molecule has 1 unspecified atom stereocenters. The highest BCUT2D eigenvalue weighted by Crippen LogP contribution is 2.33. The predicted molar refractivity (Wildman–Crippen MR) is 66.4 cm³/mol. The zero-order valence-electron chi connectivity index (χ0n) is 10.5. The highest BCUT2D eigenvalue weighted by atomic mass is 16.5. The molecule has 16 heavy (non-hydrogen) atoms. The zero-order chi connectivity index (χ0) is 12.1. The molecule has 2 N–H and O–H groups in total. The quantitative estimate of drug-likeness (QED) is 0.833. The van der Waals surface area contributed by atoms with Crippen molar-refractivity contribution in [1.82, 2.24) is 0 Å². The third-order valence-corrected chi connectivity index (χ3v) is 2.91. The Hall–Kier alpha value is -1.22. The fraction of sp³-hybridized carbons (Fsp3) is 0.538. The molecule has 3 heteroatoms. The van der Waals surface area contributed by atoms with Gasteiger partial charge in [0.1, 0.15) is 11.5 Å². The van der Waals surface area contributed by atoms with Crippen LogP contribution in [0, 0.1) is 0 Å². The number of methoxy groups -OCH3 is 2. The van der Waals surface area contributed by atoms with Crippen LogP contribution in [-0.2, 0) is 6.42 Å². The second kappa shape index (κ2) is 5.75. The van der Waals surface area contributed by atoms with E-state index in [1.165, 1.54) is 11.1 Å². The van der Waals surface area contributed by atoms with E-state index < -0.39 is 0 Å². The third-order valence-electron chi connectivity index (χ3n) is 2.91. The summed E-state index contributed by atoms with van der Waals surface area (Å²) in [5, 5.41) is 0. The molecule has 0 aliphatic rings. The van der Waals surface area contributed by atoms with Crippen LogP contribution in [0.15, 0.2) is 12.1 Å². The van der Waals surface area contributed by atoms with Crippen molar-refractivity contribution in [3.63, 3.8) is 0 Å². The number of hydrogen-bond donors (Lipinski definition) is 1. The van der Waals surface area contributed by atoms with Gasteiger partial charge < -0.3 is 15.2 Å². The Morgan fingerprint density at radius 2 is 1.94 bits per heavy atom. The SMILES string of the molecule is CCc1c(OC)cc(OC)cc1C(C)CN. The Balaban J connectivity index is 3.30. The van der Waals surface area contributed by atoms with E-state index in [1.807, 2.05) is 6.07 Å². The van der Waals surface area contributed by atoms with Crippen LogP contribution in [-0.4, -0.2) is 20.8 Å². The number of benzene rings is 1. The van der Waals surface area contributed by atoms with Crippen LogP contribution in [0.2, 0.25) is 0 Å². The Labute approximate surface area is 97.6 Å². The summed E-state index contributed by atoms with van der Waals surface area (Å²) in [7, 11) is 3.35. The predicted octanol–water partition coefficient (Wildman–Crippen LogP) is 2.33. The van der Waals surface area contributed by atoms with Gasteiger partial charge in [0.25, 0.3) is 0 Å². The molecule has 0 aliphatic carbocycles. The average Bonchev–Trinajstić information content (AvgIpc) is 2.35. The molecular formula is C13H21NO2. The van der Waals surface area contributed by atoms with Crippen LogP contribution in [0.5, 0.6) is 11.5 Å². The van der Waals surface area contributed by atoms with E-state index >= 15 is 0 Å². The minimum atomic E-state index is 0.318. The highest BCUT2D eigenvalue weighted by Gasteiger charge is 2.14. The average molecular weight is 223 g/mol. The topological polar surface area (TPSA) is 44.5 Å². The summed E-state index contributed by atoms with van der Waals surface area (Å²) < 4.78 is 10.7. The fourth-order valence-corrected chi connectivity index (χ4v) is 1.89. The molecule has 0 spiro atoms. The summed E-state index contributed by atoms with van der Waals surface area (Å²) in [5.74, 6) is 2.03. The van der Waals surface area contributed by atoms with Gasteiger partial charge in [-0.25, -0.2) is 0 Å². The van der Waals surface area contributed by atoms with Crippen molar-refractivity contribution in [3.8, 4) is 11.5 Å². The lowest BCUT2D eigenvalue weighted by Gasteiger charge is -2.18. The molecule has 0 amide bonds. The van der Waals surface area contributed by atoms with E-state index in [0.717, 1.165) is 17.9 Å². The van der Waals surface area contributed by atoms with Crippen molar-refractivity contribution in [3.05, 3.63) is 23.3 Å². The van der Waals surface area contributed by atoms with E-state index in [-0.39, 0.29) is 0 Å². The lowest BCUT2D eigenvalue weighted by atomic mass is 9.93. The van der Waals surface area contributed by atoms with E-state index in [0.29, 0.717) is 12.5 Å². The number of hydrogen-bond acceptors (Lipinski definition) is 3. The van der Waals surface area contributed by atoms with E-state index in [9.17, 15) is 0 Å². The maximum absolute atomic E-state index is 5.73. The molecule has 0 saturated heterocycles. The standard InChI is InChI=1S/C13H21NO2/c1-5-11-12(9(2)8-14)6-10(15-3)7-13(11)16-4/h6-7,9H,5,8,14H2,1-4H3. The summed E-state index contributed by atoms with van der Waals surface area (Å²) >= 11 is 0. The van der Waals surface area contributed by atoms with E-state index in [1.54, 1.807) is 14.2 Å². The van der Waals surface area contributed by atoms with Gasteiger partial charge in [0, 0.05) is 6.07 Å². The minimum Gasteiger partial charge on any atom is -0.497 e. The monoisotopic (exact) mass is 223 g/mol. The van der Waals surface area contributed by atoms with Gasteiger partial charge in [0.2, 0.25) is 0 Å². The second-order valence-electron chi connectivity index (χ2n) is 3.89. The largest absolute Gasteiger partial charge is 0.497 e. The normalized spacial score (nSPS) is 12.3. The molecule has 0 aromatic heterocycles. The van der Waals surface area contributed by atoms with Crippen molar-refractivity contribution in [1.29, 1.82) is 0 Å². The molecule has 1 atom stereocenters. The van der Waals surface area contributed by atoms with Crippen molar-refractivity contribution >= 4 is 0 Å². The van der Waals surface area contributed by atoms with Gasteiger partial charge in [0.15, 0.2) is 0 Å². The van der Waals surface area contributed by atoms with Crippen molar-refractivity contribution < 1.29 is 9.47 Å². The molecule has 0 bridgehead atoms. The molecule has 3 nitrogen and oxygen atoms in total. The van der Waals surface area contributed by atoms with Crippen molar-refractivity contribution in [2.45, 2.75) is 26.2 Å². The lowest BCUT2D eigenvalue weighted by molar-refractivity contribution is 0.389. The lowest BCUT2D eigenvalue weighted by Crippen LogP contribution is -2.11. The molecule has 90 valence electrons. The summed E-state index contributed by atoms with van der Waals surface area (Å²) in [6.07, 6.45) is 0.937. The van der Waals surface area contributed by atoms with Crippen LogP contribution in [0.3, 0.4) is 0 Å². The van der Waals surface area contributed by atoms with Crippen LogP contribution in [0.25, 0.3) is 0 Å². The van der Waals surface area contributed by atoms with Crippen LogP contribution >= 0.6 is 0 Å². The Kier molecular flexibility index (Phi) is 4.62. The van der Waals surface area contributed by atoms with Gasteiger partial charge in [-0.1, -0.05) is 13.8 Å². The first-order valence-electron chi connectivity index (χ1n) is 5.62. The molecule has 1 aromatic carbocycles. The molecule has 1 rings (SSSR count). The molecule has 0 saturated carbocycles. The number of nitrogens with two attached hydrogens (primary N) is 1. The first-order valence-corrected chi connectivity index (χ1v) is 5.62. The van der Waals surface area contributed by atoms with Gasteiger partial charge in [-0.3, -0.25) is 0 Å². The Morgan fingerprint density at radius 3 is 2.38 bits per heavy atom. The number of rotatable bonds is 5. The summed E-state index contributed by atoms with van der Waals surface area (Å²) in [5.41, 5.74) is 8.18. The summed E-state index contributed by atoms with van der Waals surface area (Å²) in [6, 6.07) is 3.98. The molecule has 0 aliphatic heterocycles. The second-order valence-corrected chi connectivity index (χ2v) is 3.89. The Bertz CT molecular complexity index is 350. The van der Waals surface area contributed by atoms with Gasteiger partial charge in [-0.15, -0.1) is 0 Å². The smallest absolute Gasteiger partial charge is 0.126 e. The zero-order valence-corrected chi connectivity index (χ0v) is 10.5. The Morgan fingerprint density at radius 1 is 1.25 bits per heavy atom. The molecule has 1 aromatic rings. The van der Waals surface area contributed by atoms with E-state index in [2.05, 4.69) is 19.9 Å². The van der Waals surface area contributed by atoms with E-state index in [4.69, 9.17) is 15.2 Å². The first kappa shape index (κ1) is 12.8. The van der Waals surface area contributed by atoms with Gasteiger partial charge in [0.05, 0.1) is 14.2 Å². The third kappa shape index (κ3) is 2.47. The molecule has 0 radical (unpaired) electrons. The van der Waals surface area contributed by atoms with Gasteiger partial charge in [-0.2, -0.15) is 0 Å². The summed E-state index contributed by atoms with van der Waals surface area (Å²) in [6.45, 7) is 4.87. The highest BCUT2D eigenvalue weighted by molar-refractivity contribution is 5.48. The minimum absolute atomic E-state index is 0.318. The maximum atomic E-state index is 5.73. The molecular weight excluding hydrogens is 202 g/mol. The van der Waals surface area contributed by atoms with Gasteiger partial charge >= 0.3 is 0 Å².